The number of aromatic nitrogens is 6. The first-order chi connectivity index (χ1) is 20.1. The van der Waals surface area contributed by atoms with Gasteiger partial charge in [-0.3, -0.25) is 4.90 Å². The Bertz CT molecular complexity index is 1570. The first kappa shape index (κ1) is 28.7. The maximum atomic E-state index is 15.3. The molecule has 10 nitrogen and oxygen atoms in total. The van der Waals surface area contributed by atoms with Gasteiger partial charge in [0.05, 0.1) is 12.6 Å². The molecule has 6 rings (SSSR count). The molecule has 2 aliphatic heterocycles. The molecular weight excluding hydrogens is 549 g/mol. The number of rotatable bonds is 8. The molecule has 0 bridgehead atoms. The highest BCUT2D eigenvalue weighted by molar-refractivity contribution is 5.87. The fourth-order valence-electron chi connectivity index (χ4n) is 6.64. The van der Waals surface area contributed by atoms with E-state index in [-0.39, 0.29) is 35.9 Å². The van der Waals surface area contributed by atoms with Gasteiger partial charge in [-0.05, 0) is 45.6 Å². The predicted octanol–water partition coefficient (Wildman–Crippen LogP) is 5.00. The van der Waals surface area contributed by atoms with Crippen molar-refractivity contribution in [1.29, 1.82) is 0 Å². The molecule has 5 heterocycles. The summed E-state index contributed by atoms with van der Waals surface area (Å²) >= 11 is 0. The third kappa shape index (κ3) is 5.17. The standard InChI is InChI=1S/C29H37F3N8O2/c1-16(2)25(22-9-8-20(11-23(22)30)42-28(31)32)37-12-18(4)38(13-17(37)3)26-24-27(40-15-33-36-29(40)35-26)39(19(5)34-24)14-21-7-6-10-41-21/h8-9,11,15-18,21,25,28H,6-7,10,12-14H2,1-5H3/t17-,18+,21?,25+/m1/s1. The van der Waals surface area contributed by atoms with E-state index in [2.05, 4.69) is 43.1 Å². The quantitative estimate of drug-likeness (QED) is 0.285. The van der Waals surface area contributed by atoms with Gasteiger partial charge in [0.25, 0.3) is 5.78 Å². The molecule has 0 spiro atoms. The Balaban J connectivity index is 1.33. The predicted molar refractivity (Wildman–Crippen MR) is 151 cm³/mol. The van der Waals surface area contributed by atoms with E-state index in [1.165, 1.54) is 6.07 Å². The normalized spacial score (nSPS) is 22.7. The van der Waals surface area contributed by atoms with Crippen LogP contribution in [0.25, 0.3) is 16.9 Å². The Morgan fingerprint density at radius 3 is 2.62 bits per heavy atom. The molecule has 13 heteroatoms. The number of fused-ring (bicyclic) bond motifs is 3. The molecule has 0 amide bonds. The summed E-state index contributed by atoms with van der Waals surface area (Å²) in [5.74, 6) is 1.45. The van der Waals surface area contributed by atoms with E-state index < -0.39 is 12.4 Å². The third-order valence-electron chi connectivity index (χ3n) is 8.53. The van der Waals surface area contributed by atoms with Gasteiger partial charge in [-0.25, -0.2) is 13.8 Å². The fourth-order valence-corrected chi connectivity index (χ4v) is 6.64. The van der Waals surface area contributed by atoms with E-state index in [1.807, 2.05) is 25.2 Å². The largest absolute Gasteiger partial charge is 0.435 e. The van der Waals surface area contributed by atoms with E-state index in [9.17, 15) is 8.78 Å². The van der Waals surface area contributed by atoms with Crippen molar-refractivity contribution in [1.82, 2.24) is 34.0 Å². The molecule has 0 radical (unpaired) electrons. The Morgan fingerprint density at radius 2 is 1.93 bits per heavy atom. The Labute approximate surface area is 242 Å². The van der Waals surface area contributed by atoms with Crippen LogP contribution in [0.15, 0.2) is 24.5 Å². The van der Waals surface area contributed by atoms with Gasteiger partial charge in [0.1, 0.15) is 29.2 Å². The van der Waals surface area contributed by atoms with Crippen LogP contribution in [-0.4, -0.2) is 78.5 Å². The van der Waals surface area contributed by atoms with E-state index in [0.717, 1.165) is 48.3 Å². The molecule has 0 aliphatic carbocycles. The zero-order valence-corrected chi connectivity index (χ0v) is 24.5. The van der Waals surface area contributed by atoms with Gasteiger partial charge in [0.15, 0.2) is 11.5 Å². The second-order valence-electron chi connectivity index (χ2n) is 11.8. The smallest absolute Gasteiger partial charge is 0.387 e. The highest BCUT2D eigenvalue weighted by Crippen LogP contribution is 2.38. The average molecular weight is 587 g/mol. The number of nitrogens with zero attached hydrogens (tertiary/aromatic N) is 8. The highest BCUT2D eigenvalue weighted by atomic mass is 19.3. The lowest BCUT2D eigenvalue weighted by Crippen LogP contribution is -2.58. The molecule has 1 aromatic carbocycles. The summed E-state index contributed by atoms with van der Waals surface area (Å²) in [7, 11) is 0. The third-order valence-corrected chi connectivity index (χ3v) is 8.53. The van der Waals surface area contributed by atoms with Crippen molar-refractivity contribution in [3.63, 3.8) is 0 Å². The van der Waals surface area contributed by atoms with Gasteiger partial charge in [0, 0.05) is 49.5 Å². The van der Waals surface area contributed by atoms with Crippen LogP contribution in [0.3, 0.4) is 0 Å². The van der Waals surface area contributed by atoms with Crippen LogP contribution in [0.4, 0.5) is 19.0 Å². The van der Waals surface area contributed by atoms with E-state index in [0.29, 0.717) is 31.0 Å². The topological polar surface area (TPSA) is 85.8 Å². The van der Waals surface area contributed by atoms with Crippen LogP contribution in [0.2, 0.25) is 0 Å². The number of benzene rings is 1. The molecule has 0 N–H and O–H groups in total. The molecule has 4 aromatic rings. The summed E-state index contributed by atoms with van der Waals surface area (Å²) < 4.78 is 55.1. The van der Waals surface area contributed by atoms with Gasteiger partial charge in [-0.2, -0.15) is 13.8 Å². The number of hydrogen-bond acceptors (Lipinski definition) is 8. The van der Waals surface area contributed by atoms with Crippen LogP contribution in [0.1, 0.15) is 58.0 Å². The first-order valence-electron chi connectivity index (χ1n) is 14.6. The van der Waals surface area contributed by atoms with Crippen LogP contribution in [0, 0.1) is 18.7 Å². The van der Waals surface area contributed by atoms with Gasteiger partial charge >= 0.3 is 6.61 Å². The van der Waals surface area contributed by atoms with Crippen LogP contribution >= 0.6 is 0 Å². The van der Waals surface area contributed by atoms with Crippen LogP contribution in [0.5, 0.6) is 5.75 Å². The van der Waals surface area contributed by atoms with Crippen molar-refractivity contribution in [3.8, 4) is 5.75 Å². The zero-order chi connectivity index (χ0) is 29.7. The van der Waals surface area contributed by atoms with Crippen molar-refractivity contribution in [2.45, 2.75) is 84.8 Å². The molecule has 0 saturated carbocycles. The molecule has 226 valence electrons. The van der Waals surface area contributed by atoms with Crippen molar-refractivity contribution < 1.29 is 22.6 Å². The molecule has 2 saturated heterocycles. The first-order valence-corrected chi connectivity index (χ1v) is 14.6. The number of anilines is 1. The van der Waals surface area contributed by atoms with Crippen molar-refractivity contribution >= 4 is 22.8 Å². The summed E-state index contributed by atoms with van der Waals surface area (Å²) in [6.07, 6.45) is 3.87. The SMILES string of the molecule is Cc1nc2c(N3C[C@@H](C)N([C@H](c4ccc(OC(F)F)cc4F)C(C)C)C[C@@H]3C)nc3nncn3c2n1CC1CCCO1. The Kier molecular flexibility index (Phi) is 7.73. The lowest BCUT2D eigenvalue weighted by Gasteiger charge is -2.49. The number of piperazine rings is 1. The minimum Gasteiger partial charge on any atom is -0.435 e. The number of alkyl halides is 2. The second kappa shape index (κ2) is 11.3. The fraction of sp³-hybridized carbons (Fsp3) is 0.586. The van der Waals surface area contributed by atoms with E-state index in [1.54, 1.807) is 12.4 Å². The monoisotopic (exact) mass is 586 g/mol. The van der Waals surface area contributed by atoms with E-state index >= 15 is 4.39 Å². The van der Waals surface area contributed by atoms with E-state index in [4.69, 9.17) is 14.7 Å². The summed E-state index contributed by atoms with van der Waals surface area (Å²) in [5.41, 5.74) is 2.14. The molecule has 4 atom stereocenters. The summed E-state index contributed by atoms with van der Waals surface area (Å²) in [6, 6.07) is 3.79. The molecule has 2 fully saturated rings. The molecule has 3 aromatic heterocycles. The second-order valence-corrected chi connectivity index (χ2v) is 11.8. The lowest BCUT2D eigenvalue weighted by molar-refractivity contribution is -0.0500. The molecule has 42 heavy (non-hydrogen) atoms. The summed E-state index contributed by atoms with van der Waals surface area (Å²) in [4.78, 5) is 14.5. The number of aryl methyl sites for hydroxylation is 1. The minimum atomic E-state index is -3.01. The Morgan fingerprint density at radius 1 is 1.12 bits per heavy atom. The van der Waals surface area contributed by atoms with Crippen molar-refractivity contribution in [2.75, 3.05) is 24.6 Å². The van der Waals surface area contributed by atoms with Crippen LogP contribution < -0.4 is 9.64 Å². The van der Waals surface area contributed by atoms with Gasteiger partial charge in [-0.1, -0.05) is 19.9 Å². The average Bonchev–Trinajstić information content (AvgIpc) is 3.67. The van der Waals surface area contributed by atoms with Gasteiger partial charge < -0.3 is 18.9 Å². The molecule has 2 aliphatic rings. The highest BCUT2D eigenvalue weighted by Gasteiger charge is 2.38. The van der Waals surface area contributed by atoms with Crippen molar-refractivity contribution in [2.24, 2.45) is 5.92 Å². The van der Waals surface area contributed by atoms with Gasteiger partial charge in [0.2, 0.25) is 0 Å². The number of ether oxygens (including phenoxy) is 2. The summed E-state index contributed by atoms with van der Waals surface area (Å²) in [5, 5.41) is 8.42. The number of imidazole rings is 1. The lowest BCUT2D eigenvalue weighted by atomic mass is 9.91. The summed E-state index contributed by atoms with van der Waals surface area (Å²) in [6.45, 7) is 10.1. The van der Waals surface area contributed by atoms with Crippen molar-refractivity contribution in [3.05, 3.63) is 41.7 Å². The van der Waals surface area contributed by atoms with Gasteiger partial charge in [-0.15, -0.1) is 10.2 Å². The number of hydrogen-bond donors (Lipinski definition) is 0. The number of halogens is 3. The Hall–Kier alpha value is -3.45. The maximum Gasteiger partial charge on any atom is 0.387 e. The minimum absolute atomic E-state index is 0.0108. The maximum absolute atomic E-state index is 15.3. The molecule has 1 unspecified atom stereocenters. The molecular formula is C29H37F3N8O2. The zero-order valence-electron chi connectivity index (χ0n) is 24.5. The van der Waals surface area contributed by atoms with Crippen LogP contribution in [-0.2, 0) is 11.3 Å².